The number of aliphatic carboxylic acids is 1. The third kappa shape index (κ3) is 3.48. The number of hydrogen-bond acceptors (Lipinski definition) is 2. The molecule has 0 aliphatic heterocycles. The summed E-state index contributed by atoms with van der Waals surface area (Å²) >= 11 is 0. The predicted octanol–water partition coefficient (Wildman–Crippen LogP) is 3.02. The van der Waals surface area contributed by atoms with E-state index in [9.17, 15) is 14.3 Å². The maximum Gasteiger partial charge on any atom is 0.311 e. The maximum atomic E-state index is 13.0. The summed E-state index contributed by atoms with van der Waals surface area (Å²) in [6, 6.07) is 7.59. The Kier molecular flexibility index (Phi) is 4.73. The van der Waals surface area contributed by atoms with Crippen molar-refractivity contribution >= 4 is 5.97 Å². The predicted molar refractivity (Wildman–Crippen MR) is 77.8 cm³/mol. The third-order valence-electron chi connectivity index (χ3n) is 3.56. The van der Waals surface area contributed by atoms with Crippen LogP contribution in [0, 0.1) is 5.82 Å². The zero-order chi connectivity index (χ0) is 15.4. The Morgan fingerprint density at radius 2 is 2.00 bits per heavy atom. The van der Waals surface area contributed by atoms with Gasteiger partial charge in [0.05, 0.1) is 11.6 Å². The fraction of sp³-hybridized carbons (Fsp3) is 0.375. The molecule has 0 bridgehead atoms. The van der Waals surface area contributed by atoms with Gasteiger partial charge in [-0.1, -0.05) is 19.1 Å². The van der Waals surface area contributed by atoms with Crippen LogP contribution in [0.25, 0.3) is 0 Å². The van der Waals surface area contributed by atoms with Gasteiger partial charge in [0.1, 0.15) is 5.82 Å². The van der Waals surface area contributed by atoms with Crippen molar-refractivity contribution in [2.45, 2.75) is 39.2 Å². The van der Waals surface area contributed by atoms with Crippen LogP contribution < -0.4 is 0 Å². The van der Waals surface area contributed by atoms with E-state index < -0.39 is 11.9 Å². The van der Waals surface area contributed by atoms with Crippen LogP contribution in [0.3, 0.4) is 0 Å². The summed E-state index contributed by atoms with van der Waals surface area (Å²) in [4.78, 5) is 11.5. The molecule has 1 aromatic heterocycles. The molecule has 112 valence electrons. The molecule has 21 heavy (non-hydrogen) atoms. The van der Waals surface area contributed by atoms with E-state index in [1.165, 1.54) is 24.3 Å². The van der Waals surface area contributed by atoms with Crippen molar-refractivity contribution in [3.05, 3.63) is 53.1 Å². The van der Waals surface area contributed by atoms with Gasteiger partial charge in [-0.3, -0.25) is 9.48 Å². The molecular formula is C16H19FN2O2. The molecule has 0 aliphatic rings. The van der Waals surface area contributed by atoms with Gasteiger partial charge >= 0.3 is 5.97 Å². The topological polar surface area (TPSA) is 55.1 Å². The lowest BCUT2D eigenvalue weighted by Gasteiger charge is -2.13. The van der Waals surface area contributed by atoms with Gasteiger partial charge in [-0.15, -0.1) is 0 Å². The summed E-state index contributed by atoms with van der Waals surface area (Å²) in [7, 11) is 0. The van der Waals surface area contributed by atoms with Gasteiger partial charge in [0.15, 0.2) is 0 Å². The Morgan fingerprint density at radius 3 is 2.52 bits per heavy atom. The molecule has 0 amide bonds. The highest BCUT2D eigenvalue weighted by molar-refractivity contribution is 5.76. The summed E-state index contributed by atoms with van der Waals surface area (Å²) in [5, 5.41) is 13.9. The van der Waals surface area contributed by atoms with Crippen molar-refractivity contribution in [2.24, 2.45) is 0 Å². The molecule has 0 aliphatic carbocycles. The number of carboxylic acids is 1. The number of aryl methyl sites for hydroxylation is 2. The van der Waals surface area contributed by atoms with E-state index >= 15 is 0 Å². The van der Waals surface area contributed by atoms with Crippen LogP contribution >= 0.6 is 0 Å². The molecule has 1 atom stereocenters. The van der Waals surface area contributed by atoms with Crippen LogP contribution in [0.5, 0.6) is 0 Å². The van der Waals surface area contributed by atoms with Crippen LogP contribution in [0.15, 0.2) is 30.3 Å². The molecule has 1 unspecified atom stereocenters. The number of halogens is 1. The van der Waals surface area contributed by atoms with E-state index in [2.05, 4.69) is 5.10 Å². The first-order chi connectivity index (χ1) is 10.0. The first-order valence-electron chi connectivity index (χ1n) is 7.09. The minimum Gasteiger partial charge on any atom is -0.481 e. The Morgan fingerprint density at radius 1 is 1.33 bits per heavy atom. The van der Waals surface area contributed by atoms with Gasteiger partial charge < -0.3 is 5.11 Å². The average Bonchev–Trinajstić information content (AvgIpc) is 2.88. The van der Waals surface area contributed by atoms with Crippen LogP contribution in [-0.2, 0) is 24.2 Å². The average molecular weight is 290 g/mol. The van der Waals surface area contributed by atoms with Crippen LogP contribution in [0.1, 0.15) is 36.7 Å². The van der Waals surface area contributed by atoms with Crippen molar-refractivity contribution in [1.29, 1.82) is 0 Å². The largest absolute Gasteiger partial charge is 0.481 e. The second-order valence-electron chi connectivity index (χ2n) is 4.94. The smallest absolute Gasteiger partial charge is 0.311 e. The Balaban J connectivity index is 2.30. The van der Waals surface area contributed by atoms with Gasteiger partial charge in [-0.25, -0.2) is 4.39 Å². The molecule has 0 fully saturated rings. The normalized spacial score (nSPS) is 12.3. The van der Waals surface area contributed by atoms with Crippen molar-refractivity contribution in [1.82, 2.24) is 9.78 Å². The molecule has 0 saturated carbocycles. The number of nitrogens with zero attached hydrogens (tertiary/aromatic N) is 2. The monoisotopic (exact) mass is 290 g/mol. The number of carboxylic acid groups (broad SMARTS) is 1. The summed E-state index contributed by atoms with van der Waals surface area (Å²) in [6.07, 6.45) is 1.16. The van der Waals surface area contributed by atoms with Crippen molar-refractivity contribution in [2.75, 3.05) is 0 Å². The first kappa shape index (κ1) is 15.2. The van der Waals surface area contributed by atoms with E-state index in [0.29, 0.717) is 18.5 Å². The summed E-state index contributed by atoms with van der Waals surface area (Å²) in [5.74, 6) is -1.98. The van der Waals surface area contributed by atoms with Gasteiger partial charge in [-0.05, 0) is 37.1 Å². The van der Waals surface area contributed by atoms with Gasteiger partial charge in [0, 0.05) is 18.7 Å². The lowest BCUT2D eigenvalue weighted by atomic mass is 9.94. The number of carbonyl (C=O) groups is 1. The Hall–Kier alpha value is -2.17. The molecule has 0 spiro atoms. The van der Waals surface area contributed by atoms with Crippen LogP contribution in [0.4, 0.5) is 4.39 Å². The minimum atomic E-state index is -0.913. The molecule has 5 heteroatoms. The van der Waals surface area contributed by atoms with E-state index in [-0.39, 0.29) is 5.82 Å². The van der Waals surface area contributed by atoms with Crippen molar-refractivity contribution in [3.8, 4) is 0 Å². The quantitative estimate of drug-likeness (QED) is 0.889. The van der Waals surface area contributed by atoms with E-state index in [4.69, 9.17) is 0 Å². The summed E-state index contributed by atoms with van der Waals surface area (Å²) in [6.45, 7) is 4.69. The Labute approximate surface area is 123 Å². The number of hydrogen-bond donors (Lipinski definition) is 1. The highest BCUT2D eigenvalue weighted by Gasteiger charge is 2.22. The minimum absolute atomic E-state index is 0.349. The third-order valence-corrected chi connectivity index (χ3v) is 3.56. The van der Waals surface area contributed by atoms with Gasteiger partial charge in [-0.2, -0.15) is 5.10 Å². The van der Waals surface area contributed by atoms with Crippen molar-refractivity contribution in [3.63, 3.8) is 0 Å². The zero-order valence-electron chi connectivity index (χ0n) is 12.2. The summed E-state index contributed by atoms with van der Waals surface area (Å²) < 4.78 is 14.8. The number of benzene rings is 1. The molecule has 1 aromatic carbocycles. The molecule has 2 aromatic rings. The molecule has 2 rings (SSSR count). The lowest BCUT2D eigenvalue weighted by Crippen LogP contribution is -2.16. The summed E-state index contributed by atoms with van der Waals surface area (Å²) in [5.41, 5.74) is 2.45. The first-order valence-corrected chi connectivity index (χ1v) is 7.09. The SMILES string of the molecule is CCc1cc(CC(C(=O)O)c2ccc(F)cc2)n(CC)n1. The molecule has 4 nitrogen and oxygen atoms in total. The standard InChI is InChI=1S/C16H19FN2O2/c1-3-13-9-14(19(4-2)18-13)10-15(16(20)21)11-5-7-12(17)8-6-11/h5-9,15H,3-4,10H2,1-2H3,(H,20,21). The molecule has 0 saturated heterocycles. The number of aromatic nitrogens is 2. The fourth-order valence-electron chi connectivity index (χ4n) is 2.38. The van der Waals surface area contributed by atoms with Crippen LogP contribution in [0.2, 0.25) is 0 Å². The van der Waals surface area contributed by atoms with Crippen molar-refractivity contribution < 1.29 is 14.3 Å². The van der Waals surface area contributed by atoms with E-state index in [1.54, 1.807) is 0 Å². The molecular weight excluding hydrogens is 271 g/mol. The Bertz CT molecular complexity index is 620. The fourth-order valence-corrected chi connectivity index (χ4v) is 2.38. The number of rotatable bonds is 6. The molecule has 1 heterocycles. The van der Waals surface area contributed by atoms with E-state index in [0.717, 1.165) is 17.8 Å². The highest BCUT2D eigenvalue weighted by atomic mass is 19.1. The zero-order valence-corrected chi connectivity index (χ0v) is 12.2. The van der Waals surface area contributed by atoms with E-state index in [1.807, 2.05) is 24.6 Å². The maximum absolute atomic E-state index is 13.0. The lowest BCUT2D eigenvalue weighted by molar-refractivity contribution is -0.138. The van der Waals surface area contributed by atoms with Gasteiger partial charge in [0.2, 0.25) is 0 Å². The van der Waals surface area contributed by atoms with Gasteiger partial charge in [0.25, 0.3) is 0 Å². The highest BCUT2D eigenvalue weighted by Crippen LogP contribution is 2.22. The molecule has 1 N–H and O–H groups in total. The van der Waals surface area contributed by atoms with Crippen LogP contribution in [-0.4, -0.2) is 20.9 Å². The molecule has 0 radical (unpaired) electrons. The second-order valence-corrected chi connectivity index (χ2v) is 4.94. The second kappa shape index (κ2) is 6.52.